The summed E-state index contributed by atoms with van der Waals surface area (Å²) in [6.45, 7) is 3.46. The fourth-order valence-electron chi connectivity index (χ4n) is 4.72. The number of carboxylic acids is 1. The summed E-state index contributed by atoms with van der Waals surface area (Å²) < 4.78 is 13.1. The molecule has 3 atom stereocenters. The molecule has 11 heteroatoms. The Labute approximate surface area is 224 Å². The number of nitrogens with zero attached hydrogens (tertiary/aromatic N) is 4. The van der Waals surface area contributed by atoms with E-state index in [-0.39, 0.29) is 17.6 Å². The molecule has 0 aliphatic carbocycles. The SMILES string of the molecule is CC(C)(O)OC1CC(C(=O)O)OC1n1cnc2c(NCC(c3ccccc3)c3ccccc3)nc(Cl)nc21. The summed E-state index contributed by atoms with van der Waals surface area (Å²) in [5, 5.41) is 23.1. The van der Waals surface area contributed by atoms with E-state index < -0.39 is 30.2 Å². The van der Waals surface area contributed by atoms with Crippen LogP contribution in [0, 0.1) is 0 Å². The van der Waals surface area contributed by atoms with E-state index in [2.05, 4.69) is 44.5 Å². The van der Waals surface area contributed by atoms with Crippen LogP contribution in [-0.4, -0.2) is 60.2 Å². The highest BCUT2D eigenvalue weighted by atomic mass is 35.5. The van der Waals surface area contributed by atoms with Gasteiger partial charge in [-0.1, -0.05) is 60.7 Å². The molecule has 0 bridgehead atoms. The highest BCUT2D eigenvalue weighted by Gasteiger charge is 2.43. The Morgan fingerprint density at radius 1 is 1.16 bits per heavy atom. The van der Waals surface area contributed by atoms with Gasteiger partial charge in [-0.15, -0.1) is 0 Å². The third kappa shape index (κ3) is 5.63. The van der Waals surface area contributed by atoms with Crippen molar-refractivity contribution in [1.82, 2.24) is 19.5 Å². The number of fused-ring (bicyclic) bond motifs is 1. The molecule has 3 N–H and O–H groups in total. The van der Waals surface area contributed by atoms with Crippen LogP contribution in [0.15, 0.2) is 67.0 Å². The van der Waals surface area contributed by atoms with Gasteiger partial charge in [0.1, 0.15) is 6.10 Å². The van der Waals surface area contributed by atoms with Crippen LogP contribution < -0.4 is 5.32 Å². The van der Waals surface area contributed by atoms with E-state index in [0.29, 0.717) is 23.5 Å². The Balaban J connectivity index is 1.47. The molecule has 198 valence electrons. The van der Waals surface area contributed by atoms with Gasteiger partial charge in [-0.05, 0) is 36.6 Å². The van der Waals surface area contributed by atoms with Crippen LogP contribution in [0.5, 0.6) is 0 Å². The summed E-state index contributed by atoms with van der Waals surface area (Å²) in [5.74, 6) is -2.16. The summed E-state index contributed by atoms with van der Waals surface area (Å²) in [6, 6.07) is 20.3. The predicted molar refractivity (Wildman–Crippen MR) is 141 cm³/mol. The van der Waals surface area contributed by atoms with Crippen LogP contribution >= 0.6 is 11.6 Å². The van der Waals surface area contributed by atoms with Crippen molar-refractivity contribution < 1.29 is 24.5 Å². The molecular formula is C27H28ClN5O5. The van der Waals surface area contributed by atoms with Gasteiger partial charge in [0.05, 0.1) is 6.33 Å². The maximum atomic E-state index is 11.7. The molecule has 4 aromatic rings. The minimum absolute atomic E-state index is 0.00883. The Kier molecular flexibility index (Phi) is 7.31. The molecule has 2 aromatic heterocycles. The van der Waals surface area contributed by atoms with Crippen molar-refractivity contribution in [3.05, 3.63) is 83.4 Å². The summed E-state index contributed by atoms with van der Waals surface area (Å²) in [5.41, 5.74) is 3.07. The number of aliphatic carboxylic acids is 1. The number of nitrogens with one attached hydrogen (secondary N) is 1. The highest BCUT2D eigenvalue weighted by molar-refractivity contribution is 6.28. The first-order valence-electron chi connectivity index (χ1n) is 12.2. The fraction of sp³-hybridized carbons (Fsp3) is 0.333. The Morgan fingerprint density at radius 3 is 2.37 bits per heavy atom. The number of carbonyl (C=O) groups is 1. The maximum absolute atomic E-state index is 11.7. The van der Waals surface area contributed by atoms with Gasteiger partial charge < -0.3 is 25.0 Å². The number of ether oxygens (including phenoxy) is 2. The summed E-state index contributed by atoms with van der Waals surface area (Å²) in [4.78, 5) is 24.9. The molecule has 0 radical (unpaired) electrons. The molecule has 0 amide bonds. The Morgan fingerprint density at radius 2 is 1.79 bits per heavy atom. The molecule has 38 heavy (non-hydrogen) atoms. The lowest BCUT2D eigenvalue weighted by molar-refractivity contribution is -0.222. The average Bonchev–Trinajstić information content (AvgIpc) is 3.48. The molecule has 5 rings (SSSR count). The van der Waals surface area contributed by atoms with Crippen molar-refractivity contribution in [2.75, 3.05) is 11.9 Å². The van der Waals surface area contributed by atoms with Crippen molar-refractivity contribution in [2.45, 2.75) is 50.4 Å². The molecular weight excluding hydrogens is 510 g/mol. The molecule has 1 aliphatic heterocycles. The third-order valence-electron chi connectivity index (χ3n) is 6.33. The van der Waals surface area contributed by atoms with Crippen molar-refractivity contribution in [1.29, 1.82) is 0 Å². The minimum Gasteiger partial charge on any atom is -0.479 e. The number of aromatic nitrogens is 4. The van der Waals surface area contributed by atoms with Crippen LogP contribution in [0.1, 0.15) is 43.5 Å². The highest BCUT2D eigenvalue weighted by Crippen LogP contribution is 2.36. The van der Waals surface area contributed by atoms with E-state index in [1.165, 1.54) is 20.2 Å². The third-order valence-corrected chi connectivity index (χ3v) is 6.50. The van der Waals surface area contributed by atoms with Gasteiger partial charge in [0.15, 0.2) is 35.1 Å². The standard InChI is InChI=1S/C27H28ClN5O5/c1-27(2,36)38-19-13-20(25(34)35)37-24(19)33-15-30-21-22(31-26(28)32-23(21)33)29-14-18(16-9-5-3-6-10-16)17-11-7-4-8-12-17/h3-12,15,18-20,24,36H,13-14H2,1-2H3,(H,34,35)(H,29,31,32). The van der Waals surface area contributed by atoms with Gasteiger partial charge in [-0.3, -0.25) is 4.57 Å². The van der Waals surface area contributed by atoms with Crippen LogP contribution in [0.2, 0.25) is 5.28 Å². The quantitative estimate of drug-likeness (QED) is 0.212. The van der Waals surface area contributed by atoms with E-state index >= 15 is 0 Å². The summed E-state index contributed by atoms with van der Waals surface area (Å²) in [6.07, 6.45) is -1.24. The first kappa shape index (κ1) is 26.1. The van der Waals surface area contributed by atoms with E-state index in [1.54, 1.807) is 4.57 Å². The van der Waals surface area contributed by atoms with Gasteiger partial charge in [-0.25, -0.2) is 9.78 Å². The molecule has 0 spiro atoms. The number of rotatable bonds is 9. The number of hydrogen-bond donors (Lipinski definition) is 3. The average molecular weight is 538 g/mol. The number of hydrogen-bond acceptors (Lipinski definition) is 8. The zero-order valence-electron chi connectivity index (χ0n) is 20.9. The molecule has 10 nitrogen and oxygen atoms in total. The Bertz CT molecular complexity index is 1370. The van der Waals surface area contributed by atoms with E-state index in [4.69, 9.17) is 21.1 Å². The largest absolute Gasteiger partial charge is 0.479 e. The van der Waals surface area contributed by atoms with Crippen LogP contribution in [-0.2, 0) is 14.3 Å². The zero-order valence-corrected chi connectivity index (χ0v) is 21.6. The second-order valence-corrected chi connectivity index (χ2v) is 9.95. The van der Waals surface area contributed by atoms with E-state index in [1.807, 2.05) is 36.4 Å². The molecule has 1 aliphatic rings. The van der Waals surface area contributed by atoms with Crippen LogP contribution in [0.4, 0.5) is 5.82 Å². The van der Waals surface area contributed by atoms with E-state index in [9.17, 15) is 15.0 Å². The number of carboxylic acid groups (broad SMARTS) is 1. The summed E-state index contributed by atoms with van der Waals surface area (Å²) in [7, 11) is 0. The molecule has 1 saturated heterocycles. The van der Waals surface area contributed by atoms with Crippen molar-refractivity contribution in [3.8, 4) is 0 Å². The van der Waals surface area contributed by atoms with Crippen LogP contribution in [0.3, 0.4) is 0 Å². The smallest absolute Gasteiger partial charge is 0.333 e. The topological polar surface area (TPSA) is 132 Å². The van der Waals surface area contributed by atoms with Gasteiger partial charge in [0.25, 0.3) is 0 Å². The number of benzene rings is 2. The number of aliphatic hydroxyl groups is 1. The monoisotopic (exact) mass is 537 g/mol. The lowest BCUT2D eigenvalue weighted by Crippen LogP contribution is -2.33. The second kappa shape index (κ2) is 10.7. The predicted octanol–water partition coefficient (Wildman–Crippen LogP) is 4.21. The fourth-order valence-corrected chi connectivity index (χ4v) is 4.88. The minimum atomic E-state index is -1.50. The van der Waals surface area contributed by atoms with Gasteiger partial charge in [0, 0.05) is 18.9 Å². The van der Waals surface area contributed by atoms with Gasteiger partial charge >= 0.3 is 5.97 Å². The number of imidazole rings is 1. The number of halogens is 1. The van der Waals surface area contributed by atoms with Gasteiger partial charge in [0.2, 0.25) is 5.28 Å². The lowest BCUT2D eigenvalue weighted by atomic mass is 9.91. The molecule has 0 saturated carbocycles. The summed E-state index contributed by atoms with van der Waals surface area (Å²) >= 11 is 6.32. The molecule has 3 unspecified atom stereocenters. The van der Waals surface area contributed by atoms with Crippen molar-refractivity contribution in [2.24, 2.45) is 0 Å². The van der Waals surface area contributed by atoms with Crippen molar-refractivity contribution >= 4 is 34.6 Å². The van der Waals surface area contributed by atoms with E-state index in [0.717, 1.165) is 11.1 Å². The molecule has 1 fully saturated rings. The van der Waals surface area contributed by atoms with Crippen molar-refractivity contribution in [3.63, 3.8) is 0 Å². The van der Waals surface area contributed by atoms with Crippen LogP contribution in [0.25, 0.3) is 11.2 Å². The molecule has 3 heterocycles. The zero-order chi connectivity index (χ0) is 26.9. The Hall–Kier alpha value is -3.57. The maximum Gasteiger partial charge on any atom is 0.333 e. The lowest BCUT2D eigenvalue weighted by Gasteiger charge is -2.27. The van der Waals surface area contributed by atoms with Gasteiger partial charge in [-0.2, -0.15) is 9.97 Å². The first-order valence-corrected chi connectivity index (χ1v) is 12.6. The normalized spacial score (nSPS) is 19.8. The first-order chi connectivity index (χ1) is 18.2. The number of anilines is 1. The molecule has 2 aromatic carbocycles. The second-order valence-electron chi connectivity index (χ2n) is 9.61.